The van der Waals surface area contributed by atoms with E-state index in [0.29, 0.717) is 17.8 Å². The molecule has 3 rings (SSSR count). The van der Waals surface area contributed by atoms with Gasteiger partial charge in [-0.05, 0) is 44.5 Å². The molecule has 0 saturated heterocycles. The van der Waals surface area contributed by atoms with Gasteiger partial charge in [-0.2, -0.15) is 0 Å². The van der Waals surface area contributed by atoms with Crippen molar-refractivity contribution in [1.29, 1.82) is 0 Å². The highest BCUT2D eigenvalue weighted by atomic mass is 32.2. The van der Waals surface area contributed by atoms with Crippen molar-refractivity contribution in [2.45, 2.75) is 31.6 Å². The quantitative estimate of drug-likeness (QED) is 0.564. The summed E-state index contributed by atoms with van der Waals surface area (Å²) in [6.45, 7) is 3.84. The van der Waals surface area contributed by atoms with Crippen LogP contribution in [0.3, 0.4) is 0 Å². The molecule has 0 bridgehead atoms. The van der Waals surface area contributed by atoms with Crippen molar-refractivity contribution in [1.82, 2.24) is 13.7 Å². The van der Waals surface area contributed by atoms with Crippen molar-refractivity contribution in [3.8, 4) is 5.69 Å². The Morgan fingerprint density at radius 3 is 2.28 bits per heavy atom. The fourth-order valence-electron chi connectivity index (χ4n) is 3.39. The second kappa shape index (κ2) is 9.54. The monoisotopic (exact) mass is 456 g/mol. The van der Waals surface area contributed by atoms with Crippen molar-refractivity contribution in [2.75, 3.05) is 18.9 Å². The average molecular weight is 457 g/mol. The van der Waals surface area contributed by atoms with E-state index in [-0.39, 0.29) is 35.0 Å². The standard InChI is InChI=1S/C23H28N4O4S/c1-17-12-14-20(15-13-17)32(30,31)25(3)16-8-11-21(28)24-22-18(2)26(4)27(23(22)29)19-9-6-5-7-10-19/h5-7,9-10,12-15H,8,11,16H2,1-4H3,(H,24,28). The fourth-order valence-corrected chi connectivity index (χ4v) is 4.60. The van der Waals surface area contributed by atoms with Crippen LogP contribution < -0.4 is 10.9 Å². The molecule has 0 aliphatic heterocycles. The molecule has 9 heteroatoms. The summed E-state index contributed by atoms with van der Waals surface area (Å²) in [5, 5.41) is 2.70. The molecule has 0 radical (unpaired) electrons. The molecular weight excluding hydrogens is 428 g/mol. The third-order valence-electron chi connectivity index (χ3n) is 5.42. The molecule has 32 heavy (non-hydrogen) atoms. The Kier molecular flexibility index (Phi) is 7.00. The fraction of sp³-hybridized carbons (Fsp3) is 0.304. The van der Waals surface area contributed by atoms with Crippen molar-refractivity contribution in [3.63, 3.8) is 0 Å². The highest BCUT2D eigenvalue weighted by Gasteiger charge is 2.21. The van der Waals surface area contributed by atoms with Gasteiger partial charge in [0.2, 0.25) is 15.9 Å². The molecule has 1 amide bonds. The Morgan fingerprint density at radius 1 is 1.03 bits per heavy atom. The molecule has 1 N–H and O–H groups in total. The number of aromatic nitrogens is 2. The maximum absolute atomic E-state index is 12.9. The van der Waals surface area contributed by atoms with Crippen LogP contribution in [0.2, 0.25) is 0 Å². The largest absolute Gasteiger partial charge is 0.320 e. The Labute approximate surface area is 188 Å². The third-order valence-corrected chi connectivity index (χ3v) is 7.30. The van der Waals surface area contributed by atoms with E-state index in [1.54, 1.807) is 42.9 Å². The number of hydrogen-bond acceptors (Lipinski definition) is 4. The maximum Gasteiger partial charge on any atom is 0.295 e. The van der Waals surface area contributed by atoms with Crippen LogP contribution in [0.1, 0.15) is 24.1 Å². The van der Waals surface area contributed by atoms with Gasteiger partial charge in [0.25, 0.3) is 5.56 Å². The number of para-hydroxylation sites is 1. The lowest BCUT2D eigenvalue weighted by Crippen LogP contribution is -2.29. The molecule has 0 atom stereocenters. The molecule has 2 aromatic carbocycles. The van der Waals surface area contributed by atoms with Gasteiger partial charge < -0.3 is 5.32 Å². The summed E-state index contributed by atoms with van der Waals surface area (Å²) in [5.41, 5.74) is 2.22. The van der Waals surface area contributed by atoms with E-state index >= 15 is 0 Å². The Balaban J connectivity index is 1.63. The third kappa shape index (κ3) is 4.84. The van der Waals surface area contributed by atoms with E-state index in [0.717, 1.165) is 5.56 Å². The van der Waals surface area contributed by atoms with Gasteiger partial charge in [0.05, 0.1) is 16.3 Å². The number of nitrogens with zero attached hydrogens (tertiary/aromatic N) is 3. The van der Waals surface area contributed by atoms with E-state index in [2.05, 4.69) is 5.32 Å². The SMILES string of the molecule is Cc1ccc(S(=O)(=O)N(C)CCCC(=O)Nc2c(C)n(C)n(-c3ccccc3)c2=O)cc1. The zero-order valence-corrected chi connectivity index (χ0v) is 19.5. The number of sulfonamides is 1. The lowest BCUT2D eigenvalue weighted by molar-refractivity contribution is -0.116. The lowest BCUT2D eigenvalue weighted by atomic mass is 10.2. The van der Waals surface area contributed by atoms with Crippen LogP contribution in [0.25, 0.3) is 5.69 Å². The molecule has 0 spiro atoms. The van der Waals surface area contributed by atoms with Gasteiger partial charge in [-0.15, -0.1) is 0 Å². The van der Waals surface area contributed by atoms with Crippen molar-refractivity contribution in [2.24, 2.45) is 7.05 Å². The number of carbonyl (C=O) groups is 1. The average Bonchev–Trinajstić information content (AvgIpc) is 2.97. The number of anilines is 1. The van der Waals surface area contributed by atoms with Crippen LogP contribution >= 0.6 is 0 Å². The van der Waals surface area contributed by atoms with Gasteiger partial charge >= 0.3 is 0 Å². The maximum atomic E-state index is 12.9. The van der Waals surface area contributed by atoms with Crippen LogP contribution in [-0.2, 0) is 21.9 Å². The predicted molar refractivity (Wildman–Crippen MR) is 125 cm³/mol. The molecule has 0 unspecified atom stereocenters. The van der Waals surface area contributed by atoms with Crippen molar-refractivity contribution < 1.29 is 13.2 Å². The minimum absolute atomic E-state index is 0.0901. The van der Waals surface area contributed by atoms with E-state index < -0.39 is 10.0 Å². The first-order valence-corrected chi connectivity index (χ1v) is 11.7. The minimum atomic E-state index is -3.61. The number of nitrogens with one attached hydrogen (secondary N) is 1. The van der Waals surface area contributed by atoms with E-state index in [4.69, 9.17) is 0 Å². The van der Waals surface area contributed by atoms with Gasteiger partial charge in [0.15, 0.2) is 0 Å². The zero-order valence-electron chi connectivity index (χ0n) is 18.7. The summed E-state index contributed by atoms with van der Waals surface area (Å²) >= 11 is 0. The Morgan fingerprint density at radius 2 is 1.66 bits per heavy atom. The Hall–Kier alpha value is -3.17. The van der Waals surface area contributed by atoms with Crippen LogP contribution in [0.5, 0.6) is 0 Å². The second-order valence-corrected chi connectivity index (χ2v) is 9.77. The smallest absolute Gasteiger partial charge is 0.295 e. The van der Waals surface area contributed by atoms with Crippen molar-refractivity contribution in [3.05, 3.63) is 76.2 Å². The molecule has 0 aliphatic rings. The van der Waals surface area contributed by atoms with Gasteiger partial charge in [0, 0.05) is 27.1 Å². The minimum Gasteiger partial charge on any atom is -0.320 e. The molecule has 0 aliphatic carbocycles. The summed E-state index contributed by atoms with van der Waals surface area (Å²) in [7, 11) is -0.367. The first kappa shape index (κ1) is 23.5. The Bertz CT molecular complexity index is 1260. The molecule has 1 aromatic heterocycles. The molecule has 1 heterocycles. The van der Waals surface area contributed by atoms with Crippen LogP contribution in [0.4, 0.5) is 5.69 Å². The van der Waals surface area contributed by atoms with Gasteiger partial charge in [-0.3, -0.25) is 14.3 Å². The first-order chi connectivity index (χ1) is 15.1. The van der Waals surface area contributed by atoms with Crippen molar-refractivity contribution >= 4 is 21.6 Å². The summed E-state index contributed by atoms with van der Waals surface area (Å²) < 4.78 is 29.7. The van der Waals surface area contributed by atoms with Crippen LogP contribution in [0.15, 0.2) is 64.3 Å². The van der Waals surface area contributed by atoms with E-state index in [1.807, 2.05) is 37.3 Å². The number of amides is 1. The molecule has 170 valence electrons. The lowest BCUT2D eigenvalue weighted by Gasteiger charge is -2.17. The second-order valence-electron chi connectivity index (χ2n) is 7.73. The van der Waals surface area contributed by atoms with Crippen LogP contribution in [0, 0.1) is 13.8 Å². The normalized spacial score (nSPS) is 11.7. The molecule has 0 saturated carbocycles. The number of rotatable bonds is 8. The highest BCUT2D eigenvalue weighted by molar-refractivity contribution is 7.89. The van der Waals surface area contributed by atoms with E-state index in [9.17, 15) is 18.0 Å². The molecule has 8 nitrogen and oxygen atoms in total. The molecular formula is C23H28N4O4S. The van der Waals surface area contributed by atoms with Gasteiger partial charge in [0.1, 0.15) is 5.69 Å². The number of carbonyl (C=O) groups excluding carboxylic acids is 1. The summed E-state index contributed by atoms with van der Waals surface area (Å²) in [6.07, 6.45) is 0.416. The molecule has 0 fully saturated rings. The molecule has 3 aromatic rings. The number of benzene rings is 2. The summed E-state index contributed by atoms with van der Waals surface area (Å²) in [6, 6.07) is 15.8. The number of hydrogen-bond donors (Lipinski definition) is 1. The van der Waals surface area contributed by atoms with Gasteiger partial charge in [-0.1, -0.05) is 35.9 Å². The van der Waals surface area contributed by atoms with E-state index in [1.165, 1.54) is 16.0 Å². The first-order valence-electron chi connectivity index (χ1n) is 10.3. The predicted octanol–water partition coefficient (Wildman–Crippen LogP) is 2.83. The highest BCUT2D eigenvalue weighted by Crippen LogP contribution is 2.17. The topological polar surface area (TPSA) is 93.4 Å². The summed E-state index contributed by atoms with van der Waals surface area (Å²) in [5.74, 6) is -0.336. The summed E-state index contributed by atoms with van der Waals surface area (Å²) in [4.78, 5) is 25.6. The zero-order chi connectivity index (χ0) is 23.5. The number of aryl methyl sites for hydroxylation is 1. The van der Waals surface area contributed by atoms with Crippen LogP contribution in [-0.4, -0.2) is 41.6 Å². The van der Waals surface area contributed by atoms with Gasteiger partial charge in [-0.25, -0.2) is 17.4 Å².